The van der Waals surface area contributed by atoms with Crippen LogP contribution in [0.4, 0.5) is 10.1 Å². The molecule has 0 amide bonds. The zero-order chi connectivity index (χ0) is 26.8. The van der Waals surface area contributed by atoms with Crippen LogP contribution in [0, 0.1) is 52.2 Å². The molecule has 4 aliphatic rings. The standard InChI is InChI=1S/C33H46FNO2/c1-20(2)35-29-12-8-22(18-28(29)34)26-19-32(6)27(13-14-33(32,37)16-15-31(3,4)5)25-10-7-21-17-23(36)9-11-24(21)30(25)26/h8,12,17-18,20,23-27,30,35-37H,7,9-11,13-14,19H2,1-6H3/t23?,24-,25-,26+,27-,30+,32-,33+/m0/s1. The third kappa shape index (κ3) is 4.76. The second kappa shape index (κ2) is 9.42. The van der Waals surface area contributed by atoms with Crippen LogP contribution in [0.2, 0.25) is 0 Å². The summed E-state index contributed by atoms with van der Waals surface area (Å²) in [5.41, 5.74) is 1.48. The molecule has 0 bridgehead atoms. The second-order valence-electron chi connectivity index (χ2n) is 14.0. The minimum Gasteiger partial charge on any atom is -0.389 e. The Morgan fingerprint density at radius 3 is 2.54 bits per heavy atom. The summed E-state index contributed by atoms with van der Waals surface area (Å²) in [7, 11) is 0. The van der Waals surface area contributed by atoms with Crippen molar-refractivity contribution in [1.82, 2.24) is 0 Å². The number of nitrogens with one attached hydrogen (secondary N) is 1. The minimum atomic E-state index is -1.02. The van der Waals surface area contributed by atoms with E-state index in [2.05, 4.69) is 57.0 Å². The highest BCUT2D eigenvalue weighted by molar-refractivity contribution is 5.48. The van der Waals surface area contributed by atoms with Crippen molar-refractivity contribution in [2.24, 2.45) is 34.5 Å². The first-order valence-electron chi connectivity index (χ1n) is 14.5. The van der Waals surface area contributed by atoms with Gasteiger partial charge >= 0.3 is 0 Å². The van der Waals surface area contributed by atoms with E-state index in [0.29, 0.717) is 35.8 Å². The van der Waals surface area contributed by atoms with Crippen LogP contribution in [0.3, 0.4) is 0 Å². The Kier molecular flexibility index (Phi) is 6.82. The second-order valence-corrected chi connectivity index (χ2v) is 14.0. The first-order chi connectivity index (χ1) is 17.3. The maximum absolute atomic E-state index is 15.4. The van der Waals surface area contributed by atoms with Gasteiger partial charge in [-0.15, -0.1) is 0 Å². The first-order valence-corrected chi connectivity index (χ1v) is 14.5. The minimum absolute atomic E-state index is 0.152. The van der Waals surface area contributed by atoms with Crippen molar-refractivity contribution in [1.29, 1.82) is 0 Å². The molecule has 1 aromatic carbocycles. The number of rotatable bonds is 3. The van der Waals surface area contributed by atoms with Crippen LogP contribution in [-0.4, -0.2) is 28.0 Å². The molecule has 5 rings (SSSR count). The molecular formula is C33H46FNO2. The Morgan fingerprint density at radius 2 is 1.86 bits per heavy atom. The lowest BCUT2D eigenvalue weighted by Crippen LogP contribution is -2.54. The monoisotopic (exact) mass is 507 g/mol. The van der Waals surface area contributed by atoms with Crippen molar-refractivity contribution in [3.63, 3.8) is 0 Å². The lowest BCUT2D eigenvalue weighted by atomic mass is 9.46. The predicted molar refractivity (Wildman–Crippen MR) is 149 cm³/mol. The van der Waals surface area contributed by atoms with Crippen LogP contribution in [0.5, 0.6) is 0 Å². The highest BCUT2D eigenvalue weighted by atomic mass is 19.1. The summed E-state index contributed by atoms with van der Waals surface area (Å²) in [4.78, 5) is 0. The lowest BCUT2D eigenvalue weighted by molar-refractivity contribution is -0.0966. The summed E-state index contributed by atoms with van der Waals surface area (Å²) in [6, 6.07) is 5.93. The van der Waals surface area contributed by atoms with E-state index in [1.165, 1.54) is 5.57 Å². The maximum Gasteiger partial charge on any atom is 0.146 e. The summed E-state index contributed by atoms with van der Waals surface area (Å²) in [5, 5.41) is 25.7. The van der Waals surface area contributed by atoms with Gasteiger partial charge in [0.25, 0.3) is 0 Å². The molecular weight excluding hydrogens is 461 g/mol. The van der Waals surface area contributed by atoms with Gasteiger partial charge in [-0.25, -0.2) is 4.39 Å². The highest BCUT2D eigenvalue weighted by Gasteiger charge is 2.64. The lowest BCUT2D eigenvalue weighted by Gasteiger charge is -2.58. The molecule has 3 nitrogen and oxygen atoms in total. The molecule has 0 heterocycles. The maximum atomic E-state index is 15.4. The van der Waals surface area contributed by atoms with E-state index < -0.39 is 5.60 Å². The van der Waals surface area contributed by atoms with Gasteiger partial charge in [0, 0.05) is 16.9 Å². The molecule has 3 saturated carbocycles. The van der Waals surface area contributed by atoms with Gasteiger partial charge in [-0.1, -0.05) is 36.5 Å². The van der Waals surface area contributed by atoms with E-state index in [1.807, 2.05) is 19.9 Å². The highest BCUT2D eigenvalue weighted by Crippen LogP contribution is 2.68. The van der Waals surface area contributed by atoms with Crippen molar-refractivity contribution in [2.75, 3.05) is 5.32 Å². The Hall–Kier alpha value is -1.83. The van der Waals surface area contributed by atoms with Crippen molar-refractivity contribution >= 4 is 5.69 Å². The molecule has 4 aliphatic carbocycles. The fourth-order valence-corrected chi connectivity index (χ4v) is 8.47. The number of fused-ring (bicyclic) bond motifs is 5. The van der Waals surface area contributed by atoms with Gasteiger partial charge in [0.15, 0.2) is 0 Å². The van der Waals surface area contributed by atoms with E-state index in [1.54, 1.807) is 6.07 Å². The number of aliphatic hydroxyl groups is 2. The fraction of sp³-hybridized carbons (Fsp3) is 0.697. The quantitative estimate of drug-likeness (QED) is 0.303. The molecule has 1 aromatic rings. The molecule has 0 aliphatic heterocycles. The van der Waals surface area contributed by atoms with Gasteiger partial charge in [-0.05, 0) is 127 Å². The summed E-state index contributed by atoms with van der Waals surface area (Å²) in [5.74, 6) is 8.44. The molecule has 1 unspecified atom stereocenters. The van der Waals surface area contributed by atoms with Gasteiger partial charge in [0.05, 0.1) is 11.8 Å². The number of halogens is 1. The third-order valence-electron chi connectivity index (χ3n) is 10.1. The number of hydrogen-bond acceptors (Lipinski definition) is 3. The van der Waals surface area contributed by atoms with E-state index in [9.17, 15) is 10.2 Å². The van der Waals surface area contributed by atoms with Crippen molar-refractivity contribution in [2.45, 2.75) is 110 Å². The Balaban J connectivity index is 1.59. The molecule has 0 saturated heterocycles. The number of benzene rings is 1. The van der Waals surface area contributed by atoms with Gasteiger partial charge in [0.2, 0.25) is 0 Å². The first kappa shape index (κ1) is 26.8. The van der Waals surface area contributed by atoms with Crippen molar-refractivity contribution in [3.8, 4) is 11.8 Å². The predicted octanol–water partition coefficient (Wildman–Crippen LogP) is 7.05. The number of anilines is 1. The summed E-state index contributed by atoms with van der Waals surface area (Å²) < 4.78 is 15.4. The van der Waals surface area contributed by atoms with Crippen molar-refractivity contribution in [3.05, 3.63) is 41.2 Å². The summed E-state index contributed by atoms with van der Waals surface area (Å²) in [6.45, 7) is 12.6. The number of hydrogen-bond donors (Lipinski definition) is 3. The summed E-state index contributed by atoms with van der Waals surface area (Å²) in [6.07, 6.45) is 8.22. The van der Waals surface area contributed by atoms with E-state index in [0.717, 1.165) is 44.1 Å². The SMILES string of the molecule is CC(C)Nc1ccc([C@H]2C[C@@]3(C)[C@@H](CC[C@@]3(O)C#CC(C)(C)C)[C@@H]3CCC4=CC(O)CC[C@@H]4[C@H]32)cc1F. The molecule has 3 fully saturated rings. The van der Waals surface area contributed by atoms with Gasteiger partial charge in [0.1, 0.15) is 11.4 Å². The summed E-state index contributed by atoms with van der Waals surface area (Å²) >= 11 is 0. The number of aliphatic hydroxyl groups excluding tert-OH is 1. The van der Waals surface area contributed by atoms with Gasteiger partial charge in [-0.3, -0.25) is 0 Å². The van der Waals surface area contributed by atoms with Crippen LogP contribution in [0.1, 0.15) is 98.0 Å². The molecule has 8 atom stereocenters. The van der Waals surface area contributed by atoms with Gasteiger partial charge < -0.3 is 15.5 Å². The zero-order valence-electron chi connectivity index (χ0n) is 23.6. The third-order valence-corrected chi connectivity index (χ3v) is 10.1. The smallest absolute Gasteiger partial charge is 0.146 e. The Labute approximate surface area is 223 Å². The fourth-order valence-electron chi connectivity index (χ4n) is 8.47. The molecule has 4 heteroatoms. The molecule has 0 radical (unpaired) electrons. The number of allylic oxidation sites excluding steroid dienone is 1. The Bertz CT molecular complexity index is 1120. The molecule has 0 spiro atoms. The van der Waals surface area contributed by atoms with E-state index in [4.69, 9.17) is 0 Å². The molecule has 0 aromatic heterocycles. The zero-order valence-corrected chi connectivity index (χ0v) is 23.6. The average molecular weight is 508 g/mol. The van der Waals surface area contributed by atoms with E-state index in [-0.39, 0.29) is 34.7 Å². The molecule has 3 N–H and O–H groups in total. The normalized spacial score (nSPS) is 39.1. The van der Waals surface area contributed by atoms with Crippen LogP contribution in [-0.2, 0) is 0 Å². The van der Waals surface area contributed by atoms with Crippen LogP contribution in [0.25, 0.3) is 0 Å². The van der Waals surface area contributed by atoms with E-state index >= 15 is 4.39 Å². The van der Waals surface area contributed by atoms with Crippen molar-refractivity contribution < 1.29 is 14.6 Å². The van der Waals surface area contributed by atoms with Crippen LogP contribution < -0.4 is 5.32 Å². The average Bonchev–Trinajstić information content (AvgIpc) is 3.08. The van der Waals surface area contributed by atoms with Gasteiger partial charge in [-0.2, -0.15) is 0 Å². The van der Waals surface area contributed by atoms with Crippen LogP contribution >= 0.6 is 0 Å². The molecule has 202 valence electrons. The largest absolute Gasteiger partial charge is 0.389 e. The Morgan fingerprint density at radius 1 is 1.11 bits per heavy atom. The van der Waals surface area contributed by atoms with Crippen LogP contribution in [0.15, 0.2) is 29.8 Å². The molecule has 37 heavy (non-hydrogen) atoms. The topological polar surface area (TPSA) is 52.5 Å².